The number of ether oxygens (including phenoxy) is 3. The maximum absolute atomic E-state index is 12.9. The number of nitriles is 1. The van der Waals surface area contributed by atoms with E-state index in [1.54, 1.807) is 36.4 Å². The summed E-state index contributed by atoms with van der Waals surface area (Å²) < 4.78 is 19.0. The predicted octanol–water partition coefficient (Wildman–Crippen LogP) is 8.23. The summed E-state index contributed by atoms with van der Waals surface area (Å²) >= 11 is 6.95. The summed E-state index contributed by atoms with van der Waals surface area (Å²) in [7, 11) is 1.54. The first-order valence-electron chi connectivity index (χ1n) is 12.3. The van der Waals surface area contributed by atoms with Crippen molar-refractivity contribution in [2.45, 2.75) is 20.1 Å². The fourth-order valence-electron chi connectivity index (χ4n) is 3.70. The first-order valence-corrected chi connectivity index (χ1v) is 13.9. The summed E-state index contributed by atoms with van der Waals surface area (Å²) in [6.07, 6.45) is 1.50. The van der Waals surface area contributed by atoms with E-state index in [0.29, 0.717) is 46.2 Å². The Morgan fingerprint density at radius 1 is 0.900 bits per heavy atom. The summed E-state index contributed by atoms with van der Waals surface area (Å²) in [6, 6.07) is 28.4. The van der Waals surface area contributed by atoms with Crippen LogP contribution in [0.5, 0.6) is 17.2 Å². The van der Waals surface area contributed by atoms with Crippen LogP contribution < -0.4 is 19.5 Å². The molecule has 0 atom stereocenters. The lowest BCUT2D eigenvalue weighted by Crippen LogP contribution is -2.13. The molecule has 4 aromatic rings. The van der Waals surface area contributed by atoms with Crippen molar-refractivity contribution in [3.05, 3.63) is 122 Å². The molecule has 0 saturated carbocycles. The molecule has 0 bridgehead atoms. The molecule has 8 heteroatoms. The minimum absolute atomic E-state index is 0.0582. The highest BCUT2D eigenvalue weighted by atomic mass is 79.9. The number of aryl methyl sites for hydroxylation is 1. The molecule has 0 aliphatic heterocycles. The molecule has 0 aliphatic rings. The fraction of sp³-hybridized carbons (Fsp3) is 0.125. The van der Waals surface area contributed by atoms with Gasteiger partial charge in [-0.3, -0.25) is 4.79 Å². The van der Waals surface area contributed by atoms with Crippen LogP contribution in [0, 0.1) is 18.3 Å². The number of anilines is 1. The molecular formula is C32H26Br2N2O4. The van der Waals surface area contributed by atoms with Gasteiger partial charge >= 0.3 is 0 Å². The van der Waals surface area contributed by atoms with Crippen LogP contribution in [0.2, 0.25) is 0 Å². The van der Waals surface area contributed by atoms with E-state index in [0.717, 1.165) is 15.6 Å². The Balaban J connectivity index is 1.41. The van der Waals surface area contributed by atoms with Crippen molar-refractivity contribution in [3.63, 3.8) is 0 Å². The number of methoxy groups -OCH3 is 1. The number of nitrogens with one attached hydrogen (secondary N) is 1. The highest BCUT2D eigenvalue weighted by Crippen LogP contribution is 2.38. The molecule has 202 valence electrons. The monoisotopic (exact) mass is 660 g/mol. The van der Waals surface area contributed by atoms with Crippen LogP contribution in [-0.2, 0) is 18.0 Å². The van der Waals surface area contributed by atoms with Gasteiger partial charge in [-0.05, 0) is 94.2 Å². The molecular weight excluding hydrogens is 636 g/mol. The van der Waals surface area contributed by atoms with Gasteiger partial charge in [-0.25, -0.2) is 0 Å². The topological polar surface area (TPSA) is 80.6 Å². The predicted molar refractivity (Wildman–Crippen MR) is 163 cm³/mol. The normalized spacial score (nSPS) is 10.9. The van der Waals surface area contributed by atoms with Crippen LogP contribution in [0.3, 0.4) is 0 Å². The molecule has 0 heterocycles. The second-order valence-corrected chi connectivity index (χ2v) is 10.6. The van der Waals surface area contributed by atoms with Crippen molar-refractivity contribution < 1.29 is 19.0 Å². The minimum atomic E-state index is -0.526. The summed E-state index contributed by atoms with van der Waals surface area (Å²) in [4.78, 5) is 12.9. The van der Waals surface area contributed by atoms with Crippen molar-refractivity contribution >= 4 is 49.5 Å². The van der Waals surface area contributed by atoms with Crippen LogP contribution in [-0.4, -0.2) is 13.0 Å². The summed E-state index contributed by atoms with van der Waals surface area (Å²) in [5.74, 6) is 1.14. The maximum atomic E-state index is 12.9. The zero-order valence-corrected chi connectivity index (χ0v) is 25.1. The molecule has 4 rings (SSSR count). The second-order valence-electron chi connectivity index (χ2n) is 8.87. The molecule has 40 heavy (non-hydrogen) atoms. The van der Waals surface area contributed by atoms with Gasteiger partial charge in [0.15, 0.2) is 11.5 Å². The average molecular weight is 662 g/mol. The van der Waals surface area contributed by atoms with E-state index in [9.17, 15) is 10.1 Å². The molecule has 1 N–H and O–H groups in total. The second kappa shape index (κ2) is 13.8. The summed E-state index contributed by atoms with van der Waals surface area (Å²) in [6.45, 7) is 2.83. The lowest BCUT2D eigenvalue weighted by atomic mass is 10.1. The number of hydrogen-bond donors (Lipinski definition) is 1. The number of hydrogen-bond acceptors (Lipinski definition) is 5. The Morgan fingerprint density at radius 2 is 1.52 bits per heavy atom. The van der Waals surface area contributed by atoms with Gasteiger partial charge in [-0.2, -0.15) is 5.26 Å². The van der Waals surface area contributed by atoms with Gasteiger partial charge in [0.1, 0.15) is 30.6 Å². The van der Waals surface area contributed by atoms with E-state index in [1.165, 1.54) is 18.7 Å². The van der Waals surface area contributed by atoms with E-state index >= 15 is 0 Å². The van der Waals surface area contributed by atoms with E-state index in [-0.39, 0.29) is 5.57 Å². The highest BCUT2D eigenvalue weighted by molar-refractivity contribution is 9.10. The highest BCUT2D eigenvalue weighted by Gasteiger charge is 2.14. The first-order chi connectivity index (χ1) is 19.3. The molecule has 0 spiro atoms. The largest absolute Gasteiger partial charge is 0.493 e. The number of nitrogens with zero attached hydrogens (tertiary/aromatic N) is 1. The third kappa shape index (κ3) is 7.98. The zero-order valence-electron chi connectivity index (χ0n) is 21.9. The Hall–Kier alpha value is -4.06. The van der Waals surface area contributed by atoms with Crippen LogP contribution in [0.15, 0.2) is 99.4 Å². The van der Waals surface area contributed by atoms with Crippen molar-refractivity contribution in [2.75, 3.05) is 12.4 Å². The van der Waals surface area contributed by atoms with E-state index in [1.807, 2.05) is 61.5 Å². The Labute approximate surface area is 250 Å². The van der Waals surface area contributed by atoms with E-state index in [4.69, 9.17) is 14.2 Å². The molecule has 1 amide bonds. The summed E-state index contributed by atoms with van der Waals surface area (Å²) in [5.41, 5.74) is 4.35. The Morgan fingerprint density at radius 3 is 2.15 bits per heavy atom. The zero-order chi connectivity index (χ0) is 28.5. The molecule has 0 aliphatic carbocycles. The van der Waals surface area contributed by atoms with Crippen molar-refractivity contribution in [1.82, 2.24) is 0 Å². The van der Waals surface area contributed by atoms with Crippen LogP contribution in [0.1, 0.15) is 22.3 Å². The SMILES string of the molecule is COc1cc(/C=C(\C#N)C(=O)Nc2ccc(OCc3ccc(C)cc3)cc2)cc(Br)c1OCc1ccc(Br)cc1. The van der Waals surface area contributed by atoms with Crippen molar-refractivity contribution in [2.24, 2.45) is 0 Å². The van der Waals surface area contributed by atoms with E-state index < -0.39 is 5.91 Å². The Bertz CT molecular complexity index is 1540. The summed E-state index contributed by atoms with van der Waals surface area (Å²) in [5, 5.41) is 12.4. The quantitative estimate of drug-likeness (QED) is 0.137. The smallest absolute Gasteiger partial charge is 0.266 e. The Kier molecular flexibility index (Phi) is 10.0. The molecule has 4 aromatic carbocycles. The molecule has 0 aromatic heterocycles. The van der Waals surface area contributed by atoms with Gasteiger partial charge in [0, 0.05) is 10.2 Å². The lowest BCUT2D eigenvalue weighted by molar-refractivity contribution is -0.112. The van der Waals surface area contributed by atoms with Crippen molar-refractivity contribution in [3.8, 4) is 23.3 Å². The standard InChI is InChI=1S/C32H26Br2N2O4/c1-21-3-5-22(6-4-21)19-39-28-13-11-27(12-14-28)36-32(37)25(18-35)15-24-16-29(34)31(30(17-24)38-2)40-20-23-7-9-26(33)10-8-23/h3-17H,19-20H2,1-2H3,(H,36,37)/b25-15+. The number of carbonyl (C=O) groups excluding carboxylic acids is 1. The van der Waals surface area contributed by atoms with E-state index in [2.05, 4.69) is 37.2 Å². The minimum Gasteiger partial charge on any atom is -0.493 e. The number of amides is 1. The van der Waals surface area contributed by atoms with Gasteiger partial charge in [0.05, 0.1) is 11.6 Å². The number of rotatable bonds is 10. The van der Waals surface area contributed by atoms with Crippen LogP contribution in [0.4, 0.5) is 5.69 Å². The molecule has 0 fully saturated rings. The van der Waals surface area contributed by atoms with Gasteiger partial charge < -0.3 is 19.5 Å². The molecule has 6 nitrogen and oxygen atoms in total. The molecule has 0 radical (unpaired) electrons. The third-order valence-corrected chi connectivity index (χ3v) is 6.98. The maximum Gasteiger partial charge on any atom is 0.266 e. The molecule has 0 saturated heterocycles. The van der Waals surface area contributed by atoms with Gasteiger partial charge in [0.25, 0.3) is 5.91 Å². The van der Waals surface area contributed by atoms with Crippen molar-refractivity contribution in [1.29, 1.82) is 5.26 Å². The van der Waals surface area contributed by atoms with Crippen LogP contribution in [0.25, 0.3) is 6.08 Å². The molecule has 0 unspecified atom stereocenters. The van der Waals surface area contributed by atoms with Crippen LogP contribution >= 0.6 is 31.9 Å². The number of carbonyl (C=O) groups is 1. The fourth-order valence-corrected chi connectivity index (χ4v) is 4.54. The lowest BCUT2D eigenvalue weighted by Gasteiger charge is -2.14. The van der Waals surface area contributed by atoms with Gasteiger partial charge in [0.2, 0.25) is 0 Å². The number of benzene rings is 4. The first kappa shape index (κ1) is 28.9. The third-order valence-electron chi connectivity index (χ3n) is 5.86. The van der Waals surface area contributed by atoms with Gasteiger partial charge in [-0.1, -0.05) is 57.9 Å². The average Bonchev–Trinajstić information content (AvgIpc) is 2.96. The number of halogens is 2. The van der Waals surface area contributed by atoms with Gasteiger partial charge in [-0.15, -0.1) is 0 Å².